The predicted octanol–water partition coefficient (Wildman–Crippen LogP) is 6.93. The lowest BCUT2D eigenvalue weighted by molar-refractivity contribution is -1.15. The highest BCUT2D eigenvalue weighted by molar-refractivity contribution is 7.90. The highest BCUT2D eigenvalue weighted by atomic mass is 35.5. The quantitative estimate of drug-likeness (QED) is 0.0654. The number of nitriles is 1. The van der Waals surface area contributed by atoms with Crippen molar-refractivity contribution in [2.75, 3.05) is 51.5 Å². The molecule has 256 valence electrons. The highest BCUT2D eigenvalue weighted by Crippen LogP contribution is 2.43. The van der Waals surface area contributed by atoms with Gasteiger partial charge in [-0.2, -0.15) is 14.0 Å². The third-order valence-corrected chi connectivity index (χ3v) is 8.37. The number of benzene rings is 2. The van der Waals surface area contributed by atoms with Gasteiger partial charge in [-0.1, -0.05) is 11.6 Å². The second kappa shape index (κ2) is 15.0. The maximum absolute atomic E-state index is 13.9. The Morgan fingerprint density at radius 1 is 0.978 bits per heavy atom. The van der Waals surface area contributed by atoms with E-state index in [1.807, 2.05) is 0 Å². The molecule has 22 heteroatoms. The minimum Gasteiger partial charge on any atom is -0.612 e. The van der Waals surface area contributed by atoms with Crippen LogP contribution in [0.4, 0.5) is 52.2 Å². The monoisotopic (exact) mass is 719 g/mol. The second-order valence-corrected chi connectivity index (χ2v) is 11.9. The molecule has 3 aliphatic heterocycles. The number of ether oxygens (including phenoxy) is 1. The van der Waals surface area contributed by atoms with Crippen molar-refractivity contribution in [2.24, 2.45) is 0 Å². The summed E-state index contributed by atoms with van der Waals surface area (Å²) in [5.74, 6) is -5.88. The summed E-state index contributed by atoms with van der Waals surface area (Å²) >= 11 is 4.21. The van der Waals surface area contributed by atoms with E-state index in [4.69, 9.17) is 21.6 Å². The van der Waals surface area contributed by atoms with E-state index in [0.717, 1.165) is 36.3 Å². The van der Waals surface area contributed by atoms with Crippen LogP contribution < -0.4 is 4.74 Å². The number of hydrogen-bond acceptors (Lipinski definition) is 4. The van der Waals surface area contributed by atoms with E-state index in [1.165, 1.54) is 24.5 Å². The van der Waals surface area contributed by atoms with E-state index in [1.54, 1.807) is 6.07 Å². The van der Waals surface area contributed by atoms with Crippen molar-refractivity contribution in [3.63, 3.8) is 0 Å². The first-order chi connectivity index (χ1) is 20.9. The number of rotatable bonds is 4. The molecule has 0 amide bonds. The van der Waals surface area contributed by atoms with Crippen LogP contribution in [0.1, 0.15) is 21.5 Å². The fraction of sp³-hybridized carbons (Fsp3) is 0.417. The van der Waals surface area contributed by atoms with Crippen LogP contribution >= 0.6 is 11.6 Å². The minimum absolute atomic E-state index is 0.000617. The third kappa shape index (κ3) is 11.8. The second-order valence-electron chi connectivity index (χ2n) is 10.3. The van der Waals surface area contributed by atoms with Crippen LogP contribution in [0.25, 0.3) is 0 Å². The Bertz CT molecular complexity index is 1400. The summed E-state index contributed by atoms with van der Waals surface area (Å²) in [5.41, 5.74) is -0.398. The van der Waals surface area contributed by atoms with Crippen molar-refractivity contribution in [2.45, 2.75) is 17.2 Å². The Morgan fingerprint density at radius 2 is 1.48 bits per heavy atom. The molecule has 6 rings (SSSR count). The average Bonchev–Trinajstić information content (AvgIpc) is 3.16. The van der Waals surface area contributed by atoms with E-state index in [9.17, 15) is 61.5 Å². The maximum Gasteiger partial charge on any atom is 0.673 e. The lowest BCUT2D eigenvalue weighted by Crippen LogP contribution is -2.71. The molecule has 2 bridgehead atoms. The molecule has 1 atom stereocenters. The molecule has 3 fully saturated rings. The summed E-state index contributed by atoms with van der Waals surface area (Å²) in [7, 11) is -12.0. The summed E-state index contributed by atoms with van der Waals surface area (Å²) in [4.78, 5) is 12.0. The summed E-state index contributed by atoms with van der Waals surface area (Å²) in [6, 6.07) is 8.24. The molecule has 46 heavy (non-hydrogen) atoms. The molecule has 6 nitrogen and oxygen atoms in total. The smallest absolute Gasteiger partial charge is 0.612 e. The zero-order chi connectivity index (χ0) is 35.3. The molecule has 0 spiro atoms. The van der Waals surface area contributed by atoms with Gasteiger partial charge in [-0.05, 0) is 39.9 Å². The lowest BCUT2D eigenvalue weighted by atomic mass is 10.1. The van der Waals surface area contributed by atoms with Gasteiger partial charge in [0.05, 0.1) is 17.2 Å². The number of alkyl halides is 3. The zero-order valence-electron chi connectivity index (χ0n) is 23.6. The maximum atomic E-state index is 13.9. The van der Waals surface area contributed by atoms with Crippen molar-refractivity contribution in [3.8, 4) is 17.6 Å². The first-order valence-corrected chi connectivity index (χ1v) is 15.0. The third-order valence-electron chi connectivity index (χ3n) is 6.91. The Morgan fingerprint density at radius 3 is 1.91 bits per heavy atom. The van der Waals surface area contributed by atoms with Crippen LogP contribution in [0.15, 0.2) is 35.2 Å². The van der Waals surface area contributed by atoms with E-state index in [-0.39, 0.29) is 37.8 Å². The fourth-order valence-corrected chi connectivity index (χ4v) is 5.81. The molecule has 1 aliphatic carbocycles. The molecule has 0 saturated carbocycles. The Hall–Kier alpha value is -2.79. The van der Waals surface area contributed by atoms with Gasteiger partial charge >= 0.3 is 20.4 Å². The van der Waals surface area contributed by atoms with Crippen LogP contribution in [0, 0.1) is 17.1 Å². The zero-order valence-corrected chi connectivity index (χ0v) is 25.2. The first-order valence-electron chi connectivity index (χ1n) is 12.9. The molecule has 4 aliphatic rings. The van der Waals surface area contributed by atoms with Crippen molar-refractivity contribution < 1.29 is 75.5 Å². The van der Waals surface area contributed by atoms with Crippen LogP contribution in [-0.4, -0.2) is 91.5 Å². The molecule has 1 unspecified atom stereocenters. The van der Waals surface area contributed by atoms with E-state index in [2.05, 4.69) is 0 Å². The van der Waals surface area contributed by atoms with Crippen molar-refractivity contribution >= 4 is 43.1 Å². The van der Waals surface area contributed by atoms with Crippen molar-refractivity contribution in [1.29, 1.82) is 5.26 Å². The SMILES string of the molecule is C[S+]([O-])c1ccc(Oc2cc(F)cc(C#N)c2)c2c1C(=O)C(F)(F)C2.F[B-](F)(F)F.F[B-](F)(F)F.F[N+]12CC[N+](CCl)(CC1)CC2. The van der Waals surface area contributed by atoms with Crippen LogP contribution in [-0.2, 0) is 17.6 Å². The topological polar surface area (TPSA) is 73.2 Å². The van der Waals surface area contributed by atoms with Gasteiger partial charge < -0.3 is 43.8 Å². The Kier molecular flexibility index (Phi) is 12.8. The fourth-order valence-electron chi connectivity index (χ4n) is 4.69. The molecular weight excluding hydrogens is 695 g/mol. The number of halogens is 13. The molecule has 2 aromatic rings. The van der Waals surface area contributed by atoms with Gasteiger partial charge in [-0.3, -0.25) is 9.28 Å². The van der Waals surface area contributed by atoms with Crippen LogP contribution in [0.3, 0.4) is 0 Å². The summed E-state index contributed by atoms with van der Waals surface area (Å²) < 4.78 is 151. The van der Waals surface area contributed by atoms with Gasteiger partial charge in [0.2, 0.25) is 5.78 Å². The van der Waals surface area contributed by atoms with Crippen molar-refractivity contribution in [1.82, 2.24) is 0 Å². The Balaban J connectivity index is 0.000000286. The van der Waals surface area contributed by atoms with Gasteiger partial charge in [0.1, 0.15) is 43.2 Å². The van der Waals surface area contributed by atoms with Gasteiger partial charge in [-0.25, -0.2) is 4.39 Å². The van der Waals surface area contributed by atoms with Gasteiger partial charge in [-0.15, -0.1) is 4.71 Å². The number of carbonyl (C=O) groups is 1. The standard InChI is InChI=1S/C17H10F3NO3S.C7H14ClFN2.2BF4/c1-25(23)14-3-2-13(12-7-17(19,20)16(22)15(12)14)24-11-5-9(8-21)4-10(18)6-11;8-7-10-1-4-11(9,5-2-10)6-3-10;2*2-1(3,4)5/h2-6H,7H2,1H3;1-7H2;;/q;+2;2*-1. The number of quaternary nitrogens is 2. The normalized spacial score (nSPS) is 23.3. The number of piperazine rings is 3. The molecule has 3 heterocycles. The van der Waals surface area contributed by atoms with E-state index < -0.39 is 49.6 Å². The minimum atomic E-state index is -6.00. The van der Waals surface area contributed by atoms with E-state index in [0.29, 0.717) is 25.6 Å². The Labute approximate surface area is 263 Å². The number of ketones is 1. The van der Waals surface area contributed by atoms with Crippen LogP contribution in [0.5, 0.6) is 11.5 Å². The van der Waals surface area contributed by atoms with E-state index >= 15 is 0 Å². The average molecular weight is 720 g/mol. The molecule has 3 saturated heterocycles. The molecule has 0 N–H and O–H groups in total. The molecule has 2 aromatic carbocycles. The number of carbonyl (C=O) groups excluding carboxylic acids is 1. The lowest BCUT2D eigenvalue weighted by Gasteiger charge is -2.48. The number of nitrogens with zero attached hydrogens (tertiary/aromatic N) is 3. The summed E-state index contributed by atoms with van der Waals surface area (Å²) in [6.45, 7) is 4.81. The van der Waals surface area contributed by atoms with Gasteiger partial charge in [0.15, 0.2) is 30.5 Å². The molecule has 0 radical (unpaired) electrons. The molecule has 0 aromatic heterocycles. The van der Waals surface area contributed by atoms with Gasteiger partial charge in [0, 0.05) is 18.1 Å². The predicted molar refractivity (Wildman–Crippen MR) is 145 cm³/mol. The number of Topliss-reactive ketones (excluding diaryl/α,β-unsaturated/α-hetero) is 1. The summed E-state index contributed by atoms with van der Waals surface area (Å²) in [6.07, 6.45) is 0.396. The largest absolute Gasteiger partial charge is 0.673 e. The highest BCUT2D eigenvalue weighted by Gasteiger charge is 2.51. The molecular formula is C24H24B2ClF12N3O3S. The number of fused-ring (bicyclic) bond motifs is 4. The first kappa shape index (κ1) is 39.4. The number of hydrogen-bond donors (Lipinski definition) is 0. The van der Waals surface area contributed by atoms with Gasteiger partial charge in [0.25, 0.3) is 0 Å². The van der Waals surface area contributed by atoms with Crippen LogP contribution in [0.2, 0.25) is 0 Å². The van der Waals surface area contributed by atoms with Crippen molar-refractivity contribution in [3.05, 3.63) is 52.8 Å². The summed E-state index contributed by atoms with van der Waals surface area (Å²) in [5, 5.41) is 8.86.